The predicted molar refractivity (Wildman–Crippen MR) is 163 cm³/mol. The van der Waals surface area contributed by atoms with Crippen LogP contribution in [0.1, 0.15) is 22.3 Å². The van der Waals surface area contributed by atoms with Gasteiger partial charge in [0.05, 0.1) is 5.41 Å². The van der Waals surface area contributed by atoms with E-state index in [2.05, 4.69) is 121 Å². The van der Waals surface area contributed by atoms with Crippen LogP contribution in [0.5, 0.6) is 0 Å². The van der Waals surface area contributed by atoms with Crippen molar-refractivity contribution in [2.24, 2.45) is 0 Å². The lowest BCUT2D eigenvalue weighted by molar-refractivity contribution is 0.769. The summed E-state index contributed by atoms with van der Waals surface area (Å²) in [6.45, 7) is 0. The van der Waals surface area contributed by atoms with Crippen molar-refractivity contribution in [3.8, 4) is 33.4 Å². The molecule has 0 aliphatic heterocycles. The van der Waals surface area contributed by atoms with Gasteiger partial charge in [0, 0.05) is 11.4 Å². The number of hydrogen-bond donors (Lipinski definition) is 2. The molecule has 0 saturated heterocycles. The molecule has 0 aromatic heterocycles. The van der Waals surface area contributed by atoms with Gasteiger partial charge in [-0.05, 0) is 92.0 Å². The summed E-state index contributed by atoms with van der Waals surface area (Å²) in [6.07, 6.45) is 0. The van der Waals surface area contributed by atoms with E-state index >= 15 is 0 Å². The van der Waals surface area contributed by atoms with E-state index in [-0.39, 0.29) is 0 Å². The van der Waals surface area contributed by atoms with Gasteiger partial charge in [0.15, 0.2) is 0 Å². The molecule has 1 aliphatic rings. The fourth-order valence-electron chi connectivity index (χ4n) is 6.20. The van der Waals surface area contributed by atoms with E-state index in [0.717, 1.165) is 11.4 Å². The van der Waals surface area contributed by atoms with Crippen LogP contribution in [0.15, 0.2) is 146 Å². The minimum absolute atomic E-state index is 0.540. The highest BCUT2D eigenvalue weighted by Crippen LogP contribution is 2.57. The van der Waals surface area contributed by atoms with E-state index in [4.69, 9.17) is 11.5 Å². The van der Waals surface area contributed by atoms with Crippen LogP contribution in [0.3, 0.4) is 0 Å². The van der Waals surface area contributed by atoms with Gasteiger partial charge < -0.3 is 11.5 Å². The average molecular weight is 501 g/mol. The number of nitrogen functional groups attached to an aromatic ring is 2. The Morgan fingerprint density at radius 1 is 0.359 bits per heavy atom. The third kappa shape index (κ3) is 3.65. The van der Waals surface area contributed by atoms with Gasteiger partial charge in [-0.2, -0.15) is 0 Å². The highest BCUT2D eigenvalue weighted by Gasteiger charge is 2.46. The summed E-state index contributed by atoms with van der Waals surface area (Å²) in [7, 11) is 0. The molecule has 6 aromatic carbocycles. The van der Waals surface area contributed by atoms with Gasteiger partial charge in [-0.1, -0.05) is 109 Å². The van der Waals surface area contributed by atoms with Gasteiger partial charge in [0.1, 0.15) is 0 Å². The molecule has 0 heterocycles. The highest BCUT2D eigenvalue weighted by atomic mass is 14.6. The monoisotopic (exact) mass is 500 g/mol. The van der Waals surface area contributed by atoms with Gasteiger partial charge >= 0.3 is 0 Å². The third-order valence-electron chi connectivity index (χ3n) is 8.04. The zero-order valence-corrected chi connectivity index (χ0v) is 21.5. The zero-order valence-electron chi connectivity index (χ0n) is 21.5. The lowest BCUT2D eigenvalue weighted by Crippen LogP contribution is -2.28. The van der Waals surface area contributed by atoms with Crippen molar-refractivity contribution in [3.63, 3.8) is 0 Å². The maximum Gasteiger partial charge on any atom is 0.0714 e. The summed E-state index contributed by atoms with van der Waals surface area (Å²) >= 11 is 0. The van der Waals surface area contributed by atoms with Crippen LogP contribution in [-0.4, -0.2) is 0 Å². The largest absolute Gasteiger partial charge is 0.399 e. The Bertz CT molecular complexity index is 1650. The van der Waals surface area contributed by atoms with Crippen LogP contribution in [0, 0.1) is 0 Å². The van der Waals surface area contributed by atoms with Gasteiger partial charge in [0.2, 0.25) is 0 Å². The van der Waals surface area contributed by atoms with E-state index in [9.17, 15) is 0 Å². The molecule has 6 aromatic rings. The van der Waals surface area contributed by atoms with Crippen molar-refractivity contribution in [2.45, 2.75) is 5.41 Å². The maximum absolute atomic E-state index is 6.20. The van der Waals surface area contributed by atoms with Gasteiger partial charge in [-0.3, -0.25) is 0 Å². The lowest BCUT2D eigenvalue weighted by atomic mass is 9.67. The predicted octanol–water partition coefficient (Wildman–Crippen LogP) is 8.55. The minimum atomic E-state index is -0.540. The molecule has 0 amide bonds. The SMILES string of the molecule is Nc1ccc(C2(c3ccc(N)cc3)c3cc(-c4ccccc4)ccc3-c3ccc(-c4ccccc4)cc32)cc1. The Kier molecular flexibility index (Phi) is 5.35. The van der Waals surface area contributed by atoms with E-state index in [0.29, 0.717) is 0 Å². The summed E-state index contributed by atoms with van der Waals surface area (Å²) in [6, 6.07) is 51.7. The first kappa shape index (κ1) is 23.1. The topological polar surface area (TPSA) is 52.0 Å². The number of fused-ring (bicyclic) bond motifs is 3. The quantitative estimate of drug-likeness (QED) is 0.238. The summed E-state index contributed by atoms with van der Waals surface area (Å²) in [5, 5.41) is 0. The van der Waals surface area contributed by atoms with E-state index < -0.39 is 5.41 Å². The van der Waals surface area contributed by atoms with Crippen LogP contribution >= 0.6 is 0 Å². The van der Waals surface area contributed by atoms with Crippen LogP contribution in [-0.2, 0) is 5.41 Å². The Labute approximate surface area is 229 Å². The Morgan fingerprint density at radius 2 is 0.744 bits per heavy atom. The van der Waals surface area contributed by atoms with Gasteiger partial charge in [-0.25, -0.2) is 0 Å². The minimum Gasteiger partial charge on any atom is -0.399 e. The van der Waals surface area contributed by atoms with Crippen molar-refractivity contribution >= 4 is 11.4 Å². The van der Waals surface area contributed by atoms with Crippen LogP contribution in [0.25, 0.3) is 33.4 Å². The zero-order chi connectivity index (χ0) is 26.4. The Morgan fingerprint density at radius 3 is 1.13 bits per heavy atom. The molecule has 2 heteroatoms. The smallest absolute Gasteiger partial charge is 0.0714 e. The van der Waals surface area contributed by atoms with Crippen molar-refractivity contribution < 1.29 is 0 Å². The fourth-order valence-corrected chi connectivity index (χ4v) is 6.20. The highest BCUT2D eigenvalue weighted by molar-refractivity contribution is 5.90. The number of nitrogens with two attached hydrogens (primary N) is 2. The Hall–Kier alpha value is -5.08. The van der Waals surface area contributed by atoms with Crippen molar-refractivity contribution in [1.29, 1.82) is 0 Å². The molecule has 4 N–H and O–H groups in total. The third-order valence-corrected chi connectivity index (χ3v) is 8.04. The molecule has 0 atom stereocenters. The molecule has 39 heavy (non-hydrogen) atoms. The number of anilines is 2. The summed E-state index contributed by atoms with van der Waals surface area (Å²) in [5.74, 6) is 0. The van der Waals surface area contributed by atoms with Crippen LogP contribution < -0.4 is 11.5 Å². The number of benzene rings is 6. The molecule has 0 saturated carbocycles. The first-order valence-electron chi connectivity index (χ1n) is 13.3. The molecule has 1 aliphatic carbocycles. The lowest BCUT2D eigenvalue weighted by Gasteiger charge is -2.34. The van der Waals surface area contributed by atoms with Gasteiger partial charge in [0.25, 0.3) is 0 Å². The molecule has 186 valence electrons. The molecular formula is C37H28N2. The first-order valence-corrected chi connectivity index (χ1v) is 13.3. The van der Waals surface area contributed by atoms with Crippen molar-refractivity contribution in [1.82, 2.24) is 0 Å². The summed E-state index contributed by atoms with van der Waals surface area (Å²) < 4.78 is 0. The summed E-state index contributed by atoms with van der Waals surface area (Å²) in [5.41, 5.74) is 25.5. The molecule has 7 rings (SSSR count). The molecule has 0 radical (unpaired) electrons. The molecule has 0 spiro atoms. The second kappa shape index (κ2) is 9.04. The van der Waals surface area contributed by atoms with E-state index in [1.807, 2.05) is 24.3 Å². The van der Waals surface area contributed by atoms with E-state index in [1.165, 1.54) is 55.6 Å². The summed E-state index contributed by atoms with van der Waals surface area (Å²) in [4.78, 5) is 0. The second-order valence-corrected chi connectivity index (χ2v) is 10.2. The molecule has 2 nitrogen and oxygen atoms in total. The standard InChI is InChI=1S/C37H28N2/c38-31-17-13-29(14-18-31)37(30-15-19-32(39)20-16-30)35-23-27(25-7-3-1-4-8-25)11-21-33(35)34-22-12-28(24-36(34)37)26-9-5-2-6-10-26/h1-24H,38-39H2. The molecule has 0 unspecified atom stereocenters. The normalized spacial score (nSPS) is 13.0. The molecule has 0 fully saturated rings. The second-order valence-electron chi connectivity index (χ2n) is 10.2. The first-order chi connectivity index (χ1) is 19.1. The van der Waals surface area contributed by atoms with Gasteiger partial charge in [-0.15, -0.1) is 0 Å². The van der Waals surface area contributed by atoms with Crippen molar-refractivity contribution in [3.05, 3.63) is 168 Å². The van der Waals surface area contributed by atoms with Crippen LogP contribution in [0.4, 0.5) is 11.4 Å². The van der Waals surface area contributed by atoms with Crippen molar-refractivity contribution in [2.75, 3.05) is 11.5 Å². The maximum atomic E-state index is 6.20. The molecule has 0 bridgehead atoms. The van der Waals surface area contributed by atoms with E-state index in [1.54, 1.807) is 0 Å². The fraction of sp³-hybridized carbons (Fsp3) is 0.0270. The van der Waals surface area contributed by atoms with Crippen LogP contribution in [0.2, 0.25) is 0 Å². The number of hydrogen-bond acceptors (Lipinski definition) is 2. The Balaban J connectivity index is 1.59. The molecular weight excluding hydrogens is 472 g/mol. The average Bonchev–Trinajstić information content (AvgIpc) is 3.28. The number of rotatable bonds is 4.